The van der Waals surface area contributed by atoms with Gasteiger partial charge in [0.1, 0.15) is 0 Å². The fraction of sp³-hybridized carbons (Fsp3) is 0.200. The standard InChI is InChI=1S/C18H17F3N2.C2H2O4/c19-18(20,21)15-7-5-13(6-8-15)11-22-10-9-14-12-23-17-4-2-1-3-16(14)17;3-1(4)2(5)6/h1-8,12,22-23H,9-11H2;(H,3,4)(H,5,6). The van der Waals surface area contributed by atoms with Crippen molar-refractivity contribution >= 4 is 22.8 Å². The summed E-state index contributed by atoms with van der Waals surface area (Å²) in [6.07, 6.45) is -1.41. The number of nitrogens with one attached hydrogen (secondary N) is 2. The summed E-state index contributed by atoms with van der Waals surface area (Å²) >= 11 is 0. The molecule has 1 heterocycles. The van der Waals surface area contributed by atoms with E-state index in [1.807, 2.05) is 24.4 Å². The Morgan fingerprint density at radius 1 is 0.966 bits per heavy atom. The minimum Gasteiger partial charge on any atom is -0.473 e. The highest BCUT2D eigenvalue weighted by Crippen LogP contribution is 2.29. The number of H-pyrrole nitrogens is 1. The van der Waals surface area contributed by atoms with Crippen molar-refractivity contribution < 1.29 is 33.0 Å². The number of aromatic nitrogens is 1. The van der Waals surface area contributed by atoms with Crippen LogP contribution in [0.3, 0.4) is 0 Å². The fourth-order valence-electron chi connectivity index (χ4n) is 2.61. The lowest BCUT2D eigenvalue weighted by Gasteiger charge is -2.08. The number of carbonyl (C=O) groups is 2. The van der Waals surface area contributed by atoms with Crippen molar-refractivity contribution in [2.24, 2.45) is 0 Å². The van der Waals surface area contributed by atoms with E-state index < -0.39 is 23.7 Å². The van der Waals surface area contributed by atoms with Gasteiger partial charge in [0.2, 0.25) is 0 Å². The number of para-hydroxylation sites is 1. The summed E-state index contributed by atoms with van der Waals surface area (Å²) < 4.78 is 37.5. The molecule has 0 fully saturated rings. The molecule has 2 aromatic carbocycles. The molecule has 9 heteroatoms. The highest BCUT2D eigenvalue weighted by atomic mass is 19.4. The second-order valence-corrected chi connectivity index (χ2v) is 6.09. The van der Waals surface area contributed by atoms with E-state index in [0.717, 1.165) is 36.2 Å². The number of fused-ring (bicyclic) bond motifs is 1. The minimum absolute atomic E-state index is 0.556. The van der Waals surface area contributed by atoms with Gasteiger partial charge in [-0.25, -0.2) is 9.59 Å². The van der Waals surface area contributed by atoms with Crippen LogP contribution in [-0.4, -0.2) is 33.7 Å². The van der Waals surface area contributed by atoms with Crippen molar-refractivity contribution in [2.75, 3.05) is 6.54 Å². The van der Waals surface area contributed by atoms with Crippen LogP contribution in [0.15, 0.2) is 54.7 Å². The Hall–Kier alpha value is -3.33. The Morgan fingerprint density at radius 3 is 2.17 bits per heavy atom. The van der Waals surface area contributed by atoms with Crippen LogP contribution in [0, 0.1) is 0 Å². The molecule has 1 aromatic heterocycles. The Balaban J connectivity index is 0.000000438. The summed E-state index contributed by atoms with van der Waals surface area (Å²) in [4.78, 5) is 21.4. The maximum Gasteiger partial charge on any atom is 0.416 e. The number of halogens is 3. The molecule has 0 atom stereocenters. The van der Waals surface area contributed by atoms with E-state index >= 15 is 0 Å². The van der Waals surface area contributed by atoms with E-state index in [2.05, 4.69) is 16.4 Å². The van der Waals surface area contributed by atoms with E-state index in [-0.39, 0.29) is 0 Å². The van der Waals surface area contributed by atoms with Crippen LogP contribution in [-0.2, 0) is 28.7 Å². The highest BCUT2D eigenvalue weighted by Gasteiger charge is 2.29. The SMILES string of the molecule is FC(F)(F)c1ccc(CNCCc2c[nH]c3ccccc23)cc1.O=C(O)C(=O)O. The molecule has 6 nitrogen and oxygen atoms in total. The lowest BCUT2D eigenvalue weighted by Crippen LogP contribution is -2.16. The second kappa shape index (κ2) is 9.74. The van der Waals surface area contributed by atoms with E-state index in [4.69, 9.17) is 19.8 Å². The Labute approximate surface area is 164 Å². The summed E-state index contributed by atoms with van der Waals surface area (Å²) in [6.45, 7) is 1.32. The third kappa shape index (κ3) is 6.65. The van der Waals surface area contributed by atoms with Gasteiger partial charge in [0.05, 0.1) is 5.56 Å². The first kappa shape index (κ1) is 22.0. The molecule has 0 saturated heterocycles. The van der Waals surface area contributed by atoms with Gasteiger partial charge < -0.3 is 20.5 Å². The summed E-state index contributed by atoms with van der Waals surface area (Å²) in [5, 5.41) is 19.3. The zero-order chi connectivity index (χ0) is 21.4. The number of benzene rings is 2. The van der Waals surface area contributed by atoms with Crippen molar-refractivity contribution in [1.29, 1.82) is 0 Å². The number of alkyl halides is 3. The predicted molar refractivity (Wildman–Crippen MR) is 100 cm³/mol. The molecule has 0 aliphatic heterocycles. The monoisotopic (exact) mass is 408 g/mol. The quantitative estimate of drug-likeness (QED) is 0.381. The van der Waals surface area contributed by atoms with Gasteiger partial charge in [0.25, 0.3) is 0 Å². The molecule has 0 spiro atoms. The van der Waals surface area contributed by atoms with Crippen LogP contribution in [0.25, 0.3) is 10.9 Å². The first-order valence-corrected chi connectivity index (χ1v) is 8.56. The number of aliphatic carboxylic acids is 2. The zero-order valence-electron chi connectivity index (χ0n) is 15.2. The topological polar surface area (TPSA) is 102 Å². The van der Waals surface area contributed by atoms with Crippen LogP contribution in [0.2, 0.25) is 0 Å². The van der Waals surface area contributed by atoms with Crippen molar-refractivity contribution in [3.8, 4) is 0 Å². The average Bonchev–Trinajstić information content (AvgIpc) is 3.08. The second-order valence-electron chi connectivity index (χ2n) is 6.09. The third-order valence-electron chi connectivity index (χ3n) is 4.04. The summed E-state index contributed by atoms with van der Waals surface area (Å²) in [7, 11) is 0. The molecule has 4 N–H and O–H groups in total. The zero-order valence-corrected chi connectivity index (χ0v) is 15.2. The first-order valence-electron chi connectivity index (χ1n) is 8.56. The van der Waals surface area contributed by atoms with Crippen LogP contribution < -0.4 is 5.32 Å². The number of aromatic amines is 1. The molecule has 3 rings (SSSR count). The van der Waals surface area contributed by atoms with E-state index in [0.29, 0.717) is 6.54 Å². The predicted octanol–water partition coefficient (Wildman–Crippen LogP) is 3.67. The smallest absolute Gasteiger partial charge is 0.416 e. The molecule has 0 aliphatic carbocycles. The minimum atomic E-state index is -4.28. The molecule has 3 aromatic rings. The third-order valence-corrected chi connectivity index (χ3v) is 4.04. The van der Waals surface area contributed by atoms with Crippen molar-refractivity contribution in [2.45, 2.75) is 19.1 Å². The maximum atomic E-state index is 12.5. The van der Waals surface area contributed by atoms with Crippen molar-refractivity contribution in [3.63, 3.8) is 0 Å². The van der Waals surface area contributed by atoms with Crippen molar-refractivity contribution in [1.82, 2.24) is 10.3 Å². The number of carboxylic acids is 2. The number of hydrogen-bond donors (Lipinski definition) is 4. The van der Waals surface area contributed by atoms with Gasteiger partial charge in [0, 0.05) is 23.6 Å². The highest BCUT2D eigenvalue weighted by molar-refractivity contribution is 6.27. The lowest BCUT2D eigenvalue weighted by molar-refractivity contribution is -0.159. The maximum absolute atomic E-state index is 12.5. The molecular weight excluding hydrogens is 389 g/mol. The van der Waals surface area contributed by atoms with Gasteiger partial charge >= 0.3 is 18.1 Å². The summed E-state index contributed by atoms with van der Waals surface area (Å²) in [5.74, 6) is -3.65. The normalized spacial score (nSPS) is 11.0. The Morgan fingerprint density at radius 2 is 1.59 bits per heavy atom. The lowest BCUT2D eigenvalue weighted by atomic mass is 10.1. The molecule has 0 radical (unpaired) electrons. The van der Waals surface area contributed by atoms with Gasteiger partial charge in [-0.15, -0.1) is 0 Å². The molecule has 0 amide bonds. The van der Waals surface area contributed by atoms with Gasteiger partial charge in [-0.1, -0.05) is 30.3 Å². The first-order chi connectivity index (χ1) is 13.7. The number of rotatable bonds is 5. The Bertz CT molecular complexity index is 954. The molecule has 0 aliphatic rings. The van der Waals surface area contributed by atoms with E-state index in [9.17, 15) is 13.2 Å². The molecule has 154 valence electrons. The summed E-state index contributed by atoms with van der Waals surface area (Å²) in [6, 6.07) is 13.4. The molecule has 29 heavy (non-hydrogen) atoms. The van der Waals surface area contributed by atoms with Crippen LogP contribution in [0.5, 0.6) is 0 Å². The van der Waals surface area contributed by atoms with Gasteiger partial charge in [0.15, 0.2) is 0 Å². The molecule has 0 bridgehead atoms. The molecular formula is C20H19F3N2O4. The van der Waals surface area contributed by atoms with Crippen LogP contribution >= 0.6 is 0 Å². The van der Waals surface area contributed by atoms with Gasteiger partial charge in [-0.3, -0.25) is 0 Å². The fourth-order valence-corrected chi connectivity index (χ4v) is 2.61. The number of carboxylic acid groups (broad SMARTS) is 2. The van der Waals surface area contributed by atoms with E-state index in [1.54, 1.807) is 0 Å². The largest absolute Gasteiger partial charge is 0.473 e. The summed E-state index contributed by atoms with van der Waals surface area (Å²) in [5.41, 5.74) is 2.59. The average molecular weight is 408 g/mol. The molecule has 0 unspecified atom stereocenters. The van der Waals surface area contributed by atoms with Crippen LogP contribution in [0.1, 0.15) is 16.7 Å². The van der Waals surface area contributed by atoms with Crippen LogP contribution in [0.4, 0.5) is 13.2 Å². The number of hydrogen-bond acceptors (Lipinski definition) is 3. The Kier molecular flexibility index (Phi) is 7.38. The van der Waals surface area contributed by atoms with Crippen molar-refractivity contribution in [3.05, 3.63) is 71.4 Å². The van der Waals surface area contributed by atoms with Gasteiger partial charge in [-0.2, -0.15) is 13.2 Å². The van der Waals surface area contributed by atoms with Gasteiger partial charge in [-0.05, 0) is 42.3 Å². The molecule has 0 saturated carbocycles. The van der Waals surface area contributed by atoms with E-state index in [1.165, 1.54) is 23.1 Å².